The van der Waals surface area contributed by atoms with Gasteiger partial charge in [-0.15, -0.1) is 0 Å². The van der Waals surface area contributed by atoms with Crippen LogP contribution in [0.5, 0.6) is 0 Å². The maximum atomic E-state index is 12.2. The lowest BCUT2D eigenvalue weighted by atomic mass is 10.0. The summed E-state index contributed by atoms with van der Waals surface area (Å²) in [5, 5.41) is 0. The van der Waals surface area contributed by atoms with E-state index in [0.29, 0.717) is 37.9 Å². The molecule has 0 spiro atoms. The second kappa shape index (κ2) is 7.08. The van der Waals surface area contributed by atoms with Crippen molar-refractivity contribution in [2.75, 3.05) is 44.4 Å². The third-order valence-corrected chi connectivity index (χ3v) is 6.13. The van der Waals surface area contributed by atoms with Crippen molar-refractivity contribution < 1.29 is 13.7 Å². The van der Waals surface area contributed by atoms with Crippen LogP contribution < -0.4 is 0 Å². The molecule has 2 fully saturated rings. The second-order valence-corrected chi connectivity index (χ2v) is 8.44. The van der Waals surface area contributed by atoms with E-state index in [-0.39, 0.29) is 12.1 Å². The molecule has 0 amide bonds. The largest absolute Gasteiger partial charge is 0.376 e. The molecule has 2 saturated heterocycles. The summed E-state index contributed by atoms with van der Waals surface area (Å²) in [7, 11) is -2.43. The van der Waals surface area contributed by atoms with E-state index in [1.54, 1.807) is 0 Å². The number of ether oxygens (including phenoxy) is 2. The van der Waals surface area contributed by atoms with Crippen LogP contribution in [-0.4, -0.2) is 59.6 Å². The van der Waals surface area contributed by atoms with Crippen LogP contribution in [-0.2, 0) is 19.2 Å². The van der Waals surface area contributed by atoms with Crippen molar-refractivity contribution in [2.24, 2.45) is 0 Å². The van der Waals surface area contributed by atoms with Crippen molar-refractivity contribution in [1.82, 2.24) is 4.90 Å². The number of benzene rings is 1. The Balaban J connectivity index is 1.67. The molecular formula is C16H24N2O3S. The molecule has 2 aliphatic heterocycles. The van der Waals surface area contributed by atoms with Gasteiger partial charge in [0.25, 0.3) is 0 Å². The molecule has 1 aromatic carbocycles. The minimum Gasteiger partial charge on any atom is -0.376 e. The molecule has 3 rings (SSSR count). The Morgan fingerprint density at radius 3 is 2.73 bits per heavy atom. The van der Waals surface area contributed by atoms with Crippen LogP contribution in [0.4, 0.5) is 0 Å². The zero-order valence-corrected chi connectivity index (χ0v) is 13.6. The van der Waals surface area contributed by atoms with Crippen LogP contribution in [0.25, 0.3) is 0 Å². The zero-order chi connectivity index (χ0) is 15.4. The third-order valence-electron chi connectivity index (χ3n) is 4.39. The topological polar surface area (TPSA) is 62.6 Å². The van der Waals surface area contributed by atoms with E-state index in [1.165, 1.54) is 5.56 Å². The first-order valence-electron chi connectivity index (χ1n) is 7.86. The van der Waals surface area contributed by atoms with Gasteiger partial charge in [-0.1, -0.05) is 30.3 Å². The van der Waals surface area contributed by atoms with Gasteiger partial charge in [0.15, 0.2) is 0 Å². The number of rotatable bonds is 5. The molecule has 122 valence electrons. The number of hydrogen-bond donors (Lipinski definition) is 1. The fraction of sp³-hybridized carbons (Fsp3) is 0.625. The molecular weight excluding hydrogens is 300 g/mol. The molecule has 0 radical (unpaired) electrons. The van der Waals surface area contributed by atoms with Crippen molar-refractivity contribution >= 4 is 9.73 Å². The van der Waals surface area contributed by atoms with Crippen molar-refractivity contribution in [3.8, 4) is 0 Å². The minimum atomic E-state index is -2.43. The van der Waals surface area contributed by atoms with Crippen LogP contribution in [0.1, 0.15) is 18.0 Å². The molecule has 0 bridgehead atoms. The monoisotopic (exact) mass is 324 g/mol. The van der Waals surface area contributed by atoms with Gasteiger partial charge >= 0.3 is 0 Å². The van der Waals surface area contributed by atoms with E-state index < -0.39 is 9.73 Å². The normalized spacial score (nSPS) is 30.6. The molecule has 2 aliphatic rings. The second-order valence-electron chi connectivity index (χ2n) is 6.00. The predicted octanol–water partition coefficient (Wildman–Crippen LogP) is 1.90. The maximum Gasteiger partial charge on any atom is 0.104 e. The van der Waals surface area contributed by atoms with Crippen molar-refractivity contribution in [3.05, 3.63) is 35.9 Å². The standard InChI is InChI=1S/C16H24N2O3S/c17-22(19)10-6-16(14-4-2-1-3-5-14)18(8-11-22)7-9-21-15-12-20-13-15/h1-5,15-17H,6-13H2. The first-order chi connectivity index (χ1) is 10.6. The van der Waals surface area contributed by atoms with Crippen LogP contribution in [0.2, 0.25) is 0 Å². The van der Waals surface area contributed by atoms with E-state index in [9.17, 15) is 4.21 Å². The molecule has 2 unspecified atom stereocenters. The fourth-order valence-corrected chi connectivity index (χ4v) is 4.31. The highest BCUT2D eigenvalue weighted by atomic mass is 32.2. The summed E-state index contributed by atoms with van der Waals surface area (Å²) < 4.78 is 31.0. The summed E-state index contributed by atoms with van der Waals surface area (Å²) in [6.45, 7) is 3.57. The smallest absolute Gasteiger partial charge is 0.104 e. The number of nitrogens with zero attached hydrogens (tertiary/aromatic N) is 1. The average molecular weight is 324 g/mol. The van der Waals surface area contributed by atoms with Crippen molar-refractivity contribution in [2.45, 2.75) is 18.6 Å². The molecule has 1 N–H and O–H groups in total. The van der Waals surface area contributed by atoms with E-state index >= 15 is 0 Å². The predicted molar refractivity (Wildman–Crippen MR) is 86.5 cm³/mol. The van der Waals surface area contributed by atoms with Crippen LogP contribution in [0, 0.1) is 4.78 Å². The van der Waals surface area contributed by atoms with Gasteiger partial charge in [0.2, 0.25) is 0 Å². The van der Waals surface area contributed by atoms with E-state index in [0.717, 1.165) is 13.0 Å². The van der Waals surface area contributed by atoms with Gasteiger partial charge in [0.1, 0.15) is 6.10 Å². The number of nitrogens with one attached hydrogen (secondary N) is 1. The molecule has 0 saturated carbocycles. The summed E-state index contributed by atoms with van der Waals surface area (Å²) in [5.41, 5.74) is 1.24. The Bertz CT molecular complexity index is 572. The Morgan fingerprint density at radius 1 is 1.27 bits per heavy atom. The third kappa shape index (κ3) is 4.07. The van der Waals surface area contributed by atoms with Gasteiger partial charge in [0.05, 0.1) is 19.8 Å². The molecule has 22 heavy (non-hydrogen) atoms. The minimum absolute atomic E-state index is 0.233. The lowest BCUT2D eigenvalue weighted by molar-refractivity contribution is -0.132. The van der Waals surface area contributed by atoms with Gasteiger partial charge in [-0.05, 0) is 12.0 Å². The van der Waals surface area contributed by atoms with Crippen molar-refractivity contribution in [3.63, 3.8) is 0 Å². The molecule has 1 aromatic rings. The Kier molecular flexibility index (Phi) is 5.13. The first-order valence-corrected chi connectivity index (χ1v) is 9.76. The first kappa shape index (κ1) is 15.9. The molecule has 0 aromatic heterocycles. The summed E-state index contributed by atoms with van der Waals surface area (Å²) >= 11 is 0. The molecule has 5 nitrogen and oxygen atoms in total. The SMILES string of the molecule is N=S1(=O)CCC(c2ccccc2)N(CCOC2COC2)CC1. The fourth-order valence-electron chi connectivity index (χ4n) is 2.97. The lowest BCUT2D eigenvalue weighted by Crippen LogP contribution is -2.39. The molecule has 0 aliphatic carbocycles. The highest BCUT2D eigenvalue weighted by Crippen LogP contribution is 2.27. The van der Waals surface area contributed by atoms with Crippen LogP contribution in [0.3, 0.4) is 0 Å². The summed E-state index contributed by atoms with van der Waals surface area (Å²) in [5.74, 6) is 0.948. The Hall–Kier alpha value is -0.950. The van der Waals surface area contributed by atoms with Gasteiger partial charge in [-0.3, -0.25) is 9.68 Å². The van der Waals surface area contributed by atoms with Gasteiger partial charge in [-0.2, -0.15) is 0 Å². The van der Waals surface area contributed by atoms with E-state index in [1.807, 2.05) is 18.2 Å². The molecule has 2 atom stereocenters. The highest BCUT2D eigenvalue weighted by molar-refractivity contribution is 7.92. The zero-order valence-electron chi connectivity index (χ0n) is 12.8. The van der Waals surface area contributed by atoms with E-state index in [2.05, 4.69) is 17.0 Å². The maximum absolute atomic E-state index is 12.2. The van der Waals surface area contributed by atoms with Gasteiger partial charge < -0.3 is 9.47 Å². The average Bonchev–Trinajstić information content (AvgIpc) is 2.61. The summed E-state index contributed by atoms with van der Waals surface area (Å²) in [4.78, 5) is 2.33. The molecule has 6 heteroatoms. The van der Waals surface area contributed by atoms with E-state index in [4.69, 9.17) is 14.3 Å². The lowest BCUT2D eigenvalue weighted by Gasteiger charge is -2.31. The Labute approximate surface area is 132 Å². The van der Waals surface area contributed by atoms with Gasteiger partial charge in [-0.25, -0.2) is 4.21 Å². The molecule has 2 heterocycles. The summed E-state index contributed by atoms with van der Waals surface area (Å²) in [6.07, 6.45) is 1.02. The van der Waals surface area contributed by atoms with Crippen LogP contribution in [0.15, 0.2) is 30.3 Å². The Morgan fingerprint density at radius 2 is 2.05 bits per heavy atom. The van der Waals surface area contributed by atoms with Crippen molar-refractivity contribution in [1.29, 1.82) is 4.78 Å². The summed E-state index contributed by atoms with van der Waals surface area (Å²) in [6, 6.07) is 10.6. The van der Waals surface area contributed by atoms with Gasteiger partial charge in [0, 0.05) is 40.4 Å². The highest BCUT2D eigenvalue weighted by Gasteiger charge is 2.27. The quantitative estimate of drug-likeness (QED) is 0.898. The van der Waals surface area contributed by atoms with Crippen LogP contribution >= 0.6 is 0 Å². The number of hydrogen-bond acceptors (Lipinski definition) is 5.